The lowest BCUT2D eigenvalue weighted by Gasteiger charge is -2.30. The Labute approximate surface area is 123 Å². The summed E-state index contributed by atoms with van der Waals surface area (Å²) in [7, 11) is 0. The van der Waals surface area contributed by atoms with E-state index in [1.165, 1.54) is 61.0 Å². The molecule has 1 aromatic rings. The first-order valence-electron chi connectivity index (χ1n) is 8.19. The number of hydrogen-bond acceptors (Lipinski definition) is 2. The van der Waals surface area contributed by atoms with Crippen LogP contribution in [-0.4, -0.2) is 30.1 Å². The van der Waals surface area contributed by atoms with Crippen LogP contribution in [-0.2, 0) is 6.54 Å². The molecule has 2 heterocycles. The maximum atomic E-state index is 3.71. The highest BCUT2D eigenvalue weighted by Crippen LogP contribution is 2.27. The molecule has 2 unspecified atom stereocenters. The van der Waals surface area contributed by atoms with Gasteiger partial charge in [0.05, 0.1) is 0 Å². The van der Waals surface area contributed by atoms with Crippen molar-refractivity contribution in [1.29, 1.82) is 0 Å². The van der Waals surface area contributed by atoms with E-state index in [2.05, 4.69) is 43.1 Å². The zero-order chi connectivity index (χ0) is 14.1. The monoisotopic (exact) mass is 272 g/mol. The molecule has 0 spiro atoms. The van der Waals surface area contributed by atoms with Gasteiger partial charge in [-0.25, -0.2) is 0 Å². The Hall–Kier alpha value is -0.860. The van der Waals surface area contributed by atoms with Crippen LogP contribution in [0.25, 0.3) is 0 Å². The fourth-order valence-electron chi connectivity index (χ4n) is 3.95. The molecule has 2 aliphatic rings. The summed E-state index contributed by atoms with van der Waals surface area (Å²) in [5, 5.41) is 3.71. The van der Waals surface area contributed by atoms with Crippen molar-refractivity contribution in [1.82, 2.24) is 10.2 Å². The summed E-state index contributed by atoms with van der Waals surface area (Å²) in [5.74, 6) is 0. The maximum absolute atomic E-state index is 3.71. The summed E-state index contributed by atoms with van der Waals surface area (Å²) in [6, 6.07) is 6.26. The first-order valence-corrected chi connectivity index (χ1v) is 8.19. The van der Waals surface area contributed by atoms with E-state index in [4.69, 9.17) is 0 Å². The number of benzene rings is 1. The van der Waals surface area contributed by atoms with Gasteiger partial charge in [0.25, 0.3) is 0 Å². The number of rotatable bonds is 3. The minimum atomic E-state index is 0.740. The van der Waals surface area contributed by atoms with E-state index in [1.54, 1.807) is 0 Å². The van der Waals surface area contributed by atoms with Gasteiger partial charge < -0.3 is 5.32 Å². The van der Waals surface area contributed by atoms with Crippen LogP contribution in [0, 0.1) is 20.8 Å². The lowest BCUT2D eigenvalue weighted by Crippen LogP contribution is -2.43. The van der Waals surface area contributed by atoms with Gasteiger partial charge in [-0.05, 0) is 81.8 Å². The van der Waals surface area contributed by atoms with Gasteiger partial charge in [-0.2, -0.15) is 0 Å². The first-order chi connectivity index (χ1) is 9.65. The highest BCUT2D eigenvalue weighted by Gasteiger charge is 2.33. The van der Waals surface area contributed by atoms with Crippen molar-refractivity contribution in [2.75, 3.05) is 13.1 Å². The van der Waals surface area contributed by atoms with Crippen molar-refractivity contribution in [2.24, 2.45) is 0 Å². The average molecular weight is 272 g/mol. The van der Waals surface area contributed by atoms with Crippen molar-refractivity contribution in [2.45, 2.75) is 65.1 Å². The van der Waals surface area contributed by atoms with Gasteiger partial charge in [0.15, 0.2) is 0 Å². The van der Waals surface area contributed by atoms with Crippen molar-refractivity contribution in [3.8, 4) is 0 Å². The molecule has 2 atom stereocenters. The molecule has 2 fully saturated rings. The molecular formula is C18H28N2. The van der Waals surface area contributed by atoms with Crippen LogP contribution >= 0.6 is 0 Å². The Morgan fingerprint density at radius 3 is 2.60 bits per heavy atom. The third kappa shape index (κ3) is 2.77. The molecule has 1 N–H and O–H groups in total. The largest absolute Gasteiger partial charge is 0.312 e. The number of aryl methyl sites for hydroxylation is 3. The molecule has 2 saturated heterocycles. The van der Waals surface area contributed by atoms with Crippen LogP contribution < -0.4 is 5.32 Å². The van der Waals surface area contributed by atoms with Crippen molar-refractivity contribution in [3.63, 3.8) is 0 Å². The summed E-state index contributed by atoms with van der Waals surface area (Å²) in [6.45, 7) is 10.3. The van der Waals surface area contributed by atoms with Crippen LogP contribution in [0.4, 0.5) is 0 Å². The molecule has 2 heteroatoms. The molecule has 0 radical (unpaired) electrons. The van der Waals surface area contributed by atoms with Crippen molar-refractivity contribution < 1.29 is 0 Å². The number of nitrogens with one attached hydrogen (secondary N) is 1. The summed E-state index contributed by atoms with van der Waals surface area (Å²) in [6.07, 6.45) is 5.47. The quantitative estimate of drug-likeness (QED) is 0.908. The van der Waals surface area contributed by atoms with Gasteiger partial charge in [-0.3, -0.25) is 4.90 Å². The smallest absolute Gasteiger partial charge is 0.0253 e. The van der Waals surface area contributed by atoms with E-state index >= 15 is 0 Å². The minimum absolute atomic E-state index is 0.740. The van der Waals surface area contributed by atoms with Crippen LogP contribution in [0.1, 0.15) is 47.9 Å². The van der Waals surface area contributed by atoms with E-state index in [9.17, 15) is 0 Å². The second-order valence-corrected chi connectivity index (χ2v) is 6.75. The van der Waals surface area contributed by atoms with Gasteiger partial charge in [0.2, 0.25) is 0 Å². The molecule has 0 saturated carbocycles. The van der Waals surface area contributed by atoms with Crippen LogP contribution in [0.2, 0.25) is 0 Å². The molecule has 20 heavy (non-hydrogen) atoms. The number of nitrogens with zero attached hydrogens (tertiary/aromatic N) is 1. The highest BCUT2D eigenvalue weighted by atomic mass is 15.2. The Balaban J connectivity index is 1.74. The molecule has 2 nitrogen and oxygen atoms in total. The number of hydrogen-bond donors (Lipinski definition) is 1. The maximum Gasteiger partial charge on any atom is 0.0253 e. The minimum Gasteiger partial charge on any atom is -0.312 e. The van der Waals surface area contributed by atoms with E-state index in [0.29, 0.717) is 0 Å². The lowest BCUT2D eigenvalue weighted by molar-refractivity contribution is 0.206. The third-order valence-corrected chi connectivity index (χ3v) is 5.30. The predicted molar refractivity (Wildman–Crippen MR) is 85.1 cm³/mol. The Morgan fingerprint density at radius 2 is 1.85 bits per heavy atom. The third-order valence-electron chi connectivity index (χ3n) is 5.30. The number of likely N-dealkylation sites (tertiary alicyclic amines) is 1. The van der Waals surface area contributed by atoms with Crippen LogP contribution in [0.15, 0.2) is 12.1 Å². The van der Waals surface area contributed by atoms with Gasteiger partial charge in [0, 0.05) is 18.6 Å². The summed E-state index contributed by atoms with van der Waals surface area (Å²) in [5.41, 5.74) is 5.83. The Kier molecular flexibility index (Phi) is 4.13. The van der Waals surface area contributed by atoms with E-state index in [1.807, 2.05) is 0 Å². The Bertz CT molecular complexity index is 475. The predicted octanol–water partition coefficient (Wildman–Crippen LogP) is 3.33. The van der Waals surface area contributed by atoms with Crippen LogP contribution in [0.5, 0.6) is 0 Å². The van der Waals surface area contributed by atoms with Gasteiger partial charge in [0.1, 0.15) is 0 Å². The molecule has 0 amide bonds. The molecule has 0 bridgehead atoms. The second-order valence-electron chi connectivity index (χ2n) is 6.75. The lowest BCUT2D eigenvalue weighted by atomic mass is 9.99. The van der Waals surface area contributed by atoms with Gasteiger partial charge >= 0.3 is 0 Å². The molecule has 3 rings (SSSR count). The first kappa shape index (κ1) is 14.1. The molecule has 2 aliphatic heterocycles. The van der Waals surface area contributed by atoms with E-state index < -0.39 is 0 Å². The standard InChI is InChI=1S/C18H28N2/c1-13-10-15(3)16(11-14(13)2)12-20-9-5-7-18(20)17-6-4-8-19-17/h10-11,17-19H,4-9,12H2,1-3H3. The summed E-state index contributed by atoms with van der Waals surface area (Å²) >= 11 is 0. The fourth-order valence-corrected chi connectivity index (χ4v) is 3.95. The summed E-state index contributed by atoms with van der Waals surface area (Å²) in [4.78, 5) is 2.72. The molecule has 110 valence electrons. The SMILES string of the molecule is Cc1cc(C)c(CN2CCCC2C2CCCN2)cc1C. The molecule has 0 aromatic heterocycles. The second kappa shape index (κ2) is 5.87. The van der Waals surface area contributed by atoms with Crippen molar-refractivity contribution >= 4 is 0 Å². The Morgan fingerprint density at radius 1 is 1.05 bits per heavy atom. The molecule has 0 aliphatic carbocycles. The average Bonchev–Trinajstić information content (AvgIpc) is 3.06. The van der Waals surface area contributed by atoms with Crippen molar-refractivity contribution in [3.05, 3.63) is 34.4 Å². The molecular weight excluding hydrogens is 244 g/mol. The zero-order valence-electron chi connectivity index (χ0n) is 13.2. The zero-order valence-corrected chi connectivity index (χ0v) is 13.2. The fraction of sp³-hybridized carbons (Fsp3) is 0.667. The van der Waals surface area contributed by atoms with Gasteiger partial charge in [-0.15, -0.1) is 0 Å². The van der Waals surface area contributed by atoms with E-state index in [0.717, 1.165) is 18.6 Å². The molecule has 1 aromatic carbocycles. The highest BCUT2D eigenvalue weighted by molar-refractivity contribution is 5.36. The normalized spacial score (nSPS) is 27.4. The topological polar surface area (TPSA) is 15.3 Å². The van der Waals surface area contributed by atoms with E-state index in [-0.39, 0.29) is 0 Å². The van der Waals surface area contributed by atoms with Gasteiger partial charge in [-0.1, -0.05) is 12.1 Å². The van der Waals surface area contributed by atoms with Crippen LogP contribution in [0.3, 0.4) is 0 Å². The summed E-state index contributed by atoms with van der Waals surface area (Å²) < 4.78 is 0.